The van der Waals surface area contributed by atoms with Gasteiger partial charge >= 0.3 is 0 Å². The number of halogens is 1. The van der Waals surface area contributed by atoms with Gasteiger partial charge in [0.2, 0.25) is 5.91 Å². The van der Waals surface area contributed by atoms with Crippen LogP contribution in [0.25, 0.3) is 0 Å². The Balaban J connectivity index is 2.54. The number of anilines is 1. The van der Waals surface area contributed by atoms with E-state index in [4.69, 9.17) is 11.5 Å². The molecule has 1 unspecified atom stereocenters. The quantitative estimate of drug-likeness (QED) is 0.638. The van der Waals surface area contributed by atoms with Crippen LogP contribution in [0.3, 0.4) is 0 Å². The highest BCUT2D eigenvalue weighted by molar-refractivity contribution is 5.80. The van der Waals surface area contributed by atoms with Gasteiger partial charge in [0.25, 0.3) is 0 Å². The second-order valence-corrected chi connectivity index (χ2v) is 2.87. The molecule has 0 aliphatic heterocycles. The summed E-state index contributed by atoms with van der Waals surface area (Å²) in [4.78, 5) is 10.6. The lowest BCUT2D eigenvalue weighted by atomic mass is 10.2. The van der Waals surface area contributed by atoms with Gasteiger partial charge in [0.15, 0.2) is 0 Å². The van der Waals surface area contributed by atoms with E-state index in [0.717, 1.165) is 0 Å². The van der Waals surface area contributed by atoms with Crippen molar-refractivity contribution in [2.24, 2.45) is 11.5 Å². The molecule has 0 fully saturated rings. The first-order valence-corrected chi connectivity index (χ1v) is 4.14. The summed E-state index contributed by atoms with van der Waals surface area (Å²) in [6.45, 7) is 0.121. The zero-order valence-electron chi connectivity index (χ0n) is 7.53. The van der Waals surface area contributed by atoms with Crippen molar-refractivity contribution < 1.29 is 9.18 Å². The smallest absolute Gasteiger partial charge is 0.236 e. The van der Waals surface area contributed by atoms with Crippen LogP contribution in [-0.4, -0.2) is 18.5 Å². The second kappa shape index (κ2) is 4.57. The number of benzene rings is 1. The lowest BCUT2D eigenvalue weighted by Crippen LogP contribution is -2.41. The van der Waals surface area contributed by atoms with Crippen LogP contribution in [0, 0.1) is 5.82 Å². The Morgan fingerprint density at radius 1 is 1.50 bits per heavy atom. The molecular weight excluding hydrogens is 185 g/mol. The molecule has 0 spiro atoms. The molecule has 1 atom stereocenters. The Hall–Kier alpha value is -1.62. The highest BCUT2D eigenvalue weighted by atomic mass is 19.1. The van der Waals surface area contributed by atoms with Crippen molar-refractivity contribution in [3.63, 3.8) is 0 Å². The molecule has 76 valence electrons. The van der Waals surface area contributed by atoms with Crippen molar-refractivity contribution in [2.75, 3.05) is 11.9 Å². The fourth-order valence-electron chi connectivity index (χ4n) is 0.925. The molecule has 0 aliphatic rings. The Morgan fingerprint density at radius 2 is 2.14 bits per heavy atom. The van der Waals surface area contributed by atoms with Gasteiger partial charge in [-0.15, -0.1) is 0 Å². The summed E-state index contributed by atoms with van der Waals surface area (Å²) in [5.41, 5.74) is 10.6. The minimum Gasteiger partial charge on any atom is -0.381 e. The predicted octanol–water partition coefficient (Wildman–Crippen LogP) is 0.0502. The van der Waals surface area contributed by atoms with E-state index in [1.54, 1.807) is 18.2 Å². The summed E-state index contributed by atoms with van der Waals surface area (Å²) in [6, 6.07) is 5.33. The number of hydrogen-bond acceptors (Lipinski definition) is 3. The third-order valence-electron chi connectivity index (χ3n) is 1.75. The number of nitrogens with one attached hydrogen (secondary N) is 1. The first-order chi connectivity index (χ1) is 6.61. The summed E-state index contributed by atoms with van der Waals surface area (Å²) in [7, 11) is 0. The van der Waals surface area contributed by atoms with E-state index in [-0.39, 0.29) is 12.4 Å². The molecule has 0 radical (unpaired) electrons. The zero-order chi connectivity index (χ0) is 10.6. The minimum absolute atomic E-state index is 0.121. The van der Waals surface area contributed by atoms with Crippen molar-refractivity contribution in [2.45, 2.75) is 6.04 Å². The molecule has 5 heteroatoms. The first kappa shape index (κ1) is 10.5. The van der Waals surface area contributed by atoms with E-state index < -0.39 is 11.9 Å². The number of rotatable bonds is 4. The number of para-hydroxylation sites is 1. The number of primary amides is 1. The Kier molecular flexibility index (Phi) is 3.41. The van der Waals surface area contributed by atoms with Gasteiger partial charge in [-0.25, -0.2) is 4.39 Å². The fourth-order valence-corrected chi connectivity index (χ4v) is 0.925. The molecule has 0 heterocycles. The minimum atomic E-state index is -0.811. The van der Waals surface area contributed by atoms with E-state index in [2.05, 4.69) is 5.32 Å². The van der Waals surface area contributed by atoms with Crippen molar-refractivity contribution in [1.29, 1.82) is 0 Å². The van der Waals surface area contributed by atoms with Crippen LogP contribution < -0.4 is 16.8 Å². The maximum atomic E-state index is 13.0. The van der Waals surface area contributed by atoms with Gasteiger partial charge < -0.3 is 16.8 Å². The number of amides is 1. The lowest BCUT2D eigenvalue weighted by Gasteiger charge is -2.10. The van der Waals surface area contributed by atoms with Crippen LogP contribution in [0.2, 0.25) is 0 Å². The van der Waals surface area contributed by atoms with Crippen molar-refractivity contribution in [3.8, 4) is 0 Å². The molecule has 5 N–H and O–H groups in total. The normalized spacial score (nSPS) is 12.1. The monoisotopic (exact) mass is 197 g/mol. The van der Waals surface area contributed by atoms with Gasteiger partial charge in [-0.2, -0.15) is 0 Å². The summed E-state index contributed by atoms with van der Waals surface area (Å²) in [6.07, 6.45) is 0. The van der Waals surface area contributed by atoms with Crippen LogP contribution in [0.1, 0.15) is 0 Å². The molecule has 0 bridgehead atoms. The van der Waals surface area contributed by atoms with Crippen LogP contribution in [-0.2, 0) is 4.79 Å². The SMILES string of the molecule is NC(=O)C(N)CNc1ccccc1F. The molecule has 1 aromatic carbocycles. The van der Waals surface area contributed by atoms with E-state index in [1.165, 1.54) is 6.07 Å². The molecular formula is C9H12FN3O. The summed E-state index contributed by atoms with van der Waals surface area (Å²) in [5.74, 6) is -1.00. The third kappa shape index (κ3) is 2.70. The Bertz CT molecular complexity index is 330. The van der Waals surface area contributed by atoms with Gasteiger partial charge in [-0.05, 0) is 12.1 Å². The molecule has 1 amide bonds. The first-order valence-electron chi connectivity index (χ1n) is 4.14. The number of carbonyl (C=O) groups is 1. The van der Waals surface area contributed by atoms with E-state index in [0.29, 0.717) is 5.69 Å². The molecule has 1 aromatic rings. The van der Waals surface area contributed by atoms with Crippen LogP contribution >= 0.6 is 0 Å². The highest BCUT2D eigenvalue weighted by Gasteiger charge is 2.09. The van der Waals surface area contributed by atoms with Crippen LogP contribution in [0.4, 0.5) is 10.1 Å². The average Bonchev–Trinajstić information content (AvgIpc) is 2.16. The van der Waals surface area contributed by atoms with E-state index in [9.17, 15) is 9.18 Å². The van der Waals surface area contributed by atoms with Crippen molar-refractivity contribution in [3.05, 3.63) is 30.1 Å². The third-order valence-corrected chi connectivity index (χ3v) is 1.75. The fraction of sp³-hybridized carbons (Fsp3) is 0.222. The van der Waals surface area contributed by atoms with Gasteiger partial charge in [0.1, 0.15) is 11.9 Å². The van der Waals surface area contributed by atoms with E-state index in [1.807, 2.05) is 0 Å². The largest absolute Gasteiger partial charge is 0.381 e. The molecule has 1 rings (SSSR count). The van der Waals surface area contributed by atoms with Crippen LogP contribution in [0.15, 0.2) is 24.3 Å². The highest BCUT2D eigenvalue weighted by Crippen LogP contribution is 2.11. The van der Waals surface area contributed by atoms with Crippen LogP contribution in [0.5, 0.6) is 0 Å². The lowest BCUT2D eigenvalue weighted by molar-refractivity contribution is -0.118. The topological polar surface area (TPSA) is 81.1 Å². The predicted molar refractivity (Wildman–Crippen MR) is 52.1 cm³/mol. The van der Waals surface area contributed by atoms with Gasteiger partial charge in [0.05, 0.1) is 5.69 Å². The Morgan fingerprint density at radius 3 is 2.71 bits per heavy atom. The maximum absolute atomic E-state index is 13.0. The molecule has 0 saturated heterocycles. The number of carbonyl (C=O) groups excluding carboxylic acids is 1. The average molecular weight is 197 g/mol. The van der Waals surface area contributed by atoms with Gasteiger partial charge in [-0.1, -0.05) is 12.1 Å². The summed E-state index contributed by atoms with van der Waals surface area (Å²) in [5, 5.41) is 2.69. The number of nitrogens with two attached hydrogens (primary N) is 2. The number of hydrogen-bond donors (Lipinski definition) is 3. The molecule has 14 heavy (non-hydrogen) atoms. The second-order valence-electron chi connectivity index (χ2n) is 2.87. The molecule has 0 aromatic heterocycles. The zero-order valence-corrected chi connectivity index (χ0v) is 7.53. The molecule has 0 saturated carbocycles. The summed E-state index contributed by atoms with van der Waals surface area (Å²) >= 11 is 0. The van der Waals surface area contributed by atoms with Crippen molar-refractivity contribution in [1.82, 2.24) is 0 Å². The summed E-state index contributed by atoms with van der Waals surface area (Å²) < 4.78 is 13.0. The Labute approximate surface area is 81.1 Å². The van der Waals surface area contributed by atoms with Crippen molar-refractivity contribution >= 4 is 11.6 Å². The van der Waals surface area contributed by atoms with Gasteiger partial charge in [0, 0.05) is 6.54 Å². The maximum Gasteiger partial charge on any atom is 0.236 e. The standard InChI is InChI=1S/C9H12FN3O/c10-6-3-1-2-4-8(6)13-5-7(11)9(12)14/h1-4,7,13H,5,11H2,(H2,12,14). The van der Waals surface area contributed by atoms with E-state index >= 15 is 0 Å². The molecule has 0 aliphatic carbocycles. The van der Waals surface area contributed by atoms with Gasteiger partial charge in [-0.3, -0.25) is 4.79 Å². The molecule has 4 nitrogen and oxygen atoms in total.